The molecule has 0 amide bonds. The molecule has 1 aromatic carbocycles. The first kappa shape index (κ1) is 8.77. The third-order valence-electron chi connectivity index (χ3n) is 1.30. The van der Waals surface area contributed by atoms with E-state index < -0.39 is 17.5 Å². The Kier molecular flexibility index (Phi) is 2.47. The van der Waals surface area contributed by atoms with Gasteiger partial charge in [-0.05, 0) is 0 Å². The SMILES string of the molecule is C/N=C/c1c(F)cc(F)cc1F. The van der Waals surface area contributed by atoms with Crippen LogP contribution in [0.15, 0.2) is 17.1 Å². The molecule has 0 aliphatic carbocycles. The Morgan fingerprint density at radius 1 is 1.17 bits per heavy atom. The standard InChI is InChI=1S/C8H6F3N/c1-12-4-6-7(10)2-5(9)3-8(6)11/h2-4H,1H3/b12-4+. The second-order valence-electron chi connectivity index (χ2n) is 2.17. The average Bonchev–Trinajstić information content (AvgIpc) is 1.96. The molecular formula is C8H6F3N. The molecule has 12 heavy (non-hydrogen) atoms. The Morgan fingerprint density at radius 3 is 2.08 bits per heavy atom. The summed E-state index contributed by atoms with van der Waals surface area (Å²) in [6.45, 7) is 0. The van der Waals surface area contributed by atoms with Crippen LogP contribution >= 0.6 is 0 Å². The van der Waals surface area contributed by atoms with Gasteiger partial charge in [0.25, 0.3) is 0 Å². The smallest absolute Gasteiger partial charge is 0.137 e. The van der Waals surface area contributed by atoms with Gasteiger partial charge in [0, 0.05) is 25.4 Å². The fourth-order valence-electron chi connectivity index (χ4n) is 0.806. The van der Waals surface area contributed by atoms with Gasteiger partial charge in [-0.15, -0.1) is 0 Å². The second kappa shape index (κ2) is 3.38. The molecule has 0 atom stereocenters. The van der Waals surface area contributed by atoms with Gasteiger partial charge >= 0.3 is 0 Å². The van der Waals surface area contributed by atoms with Crippen molar-refractivity contribution in [2.24, 2.45) is 4.99 Å². The molecule has 0 aliphatic heterocycles. The van der Waals surface area contributed by atoms with Crippen LogP contribution in [-0.2, 0) is 0 Å². The molecule has 4 heteroatoms. The van der Waals surface area contributed by atoms with Crippen LogP contribution in [0.4, 0.5) is 13.2 Å². The maximum atomic E-state index is 12.7. The summed E-state index contributed by atoms with van der Waals surface area (Å²) < 4.78 is 37.8. The molecule has 0 spiro atoms. The molecule has 0 fully saturated rings. The third kappa shape index (κ3) is 1.64. The van der Waals surface area contributed by atoms with Crippen LogP contribution in [0.5, 0.6) is 0 Å². The first-order chi connectivity index (χ1) is 5.65. The molecule has 0 aliphatic rings. The molecule has 0 bridgehead atoms. The van der Waals surface area contributed by atoms with E-state index >= 15 is 0 Å². The van der Waals surface area contributed by atoms with E-state index in [0.717, 1.165) is 6.21 Å². The van der Waals surface area contributed by atoms with Crippen LogP contribution in [0.3, 0.4) is 0 Å². The fraction of sp³-hybridized carbons (Fsp3) is 0.125. The van der Waals surface area contributed by atoms with E-state index in [1.807, 2.05) is 0 Å². The number of halogens is 3. The van der Waals surface area contributed by atoms with Crippen LogP contribution < -0.4 is 0 Å². The zero-order valence-electron chi connectivity index (χ0n) is 6.31. The maximum absolute atomic E-state index is 12.7. The van der Waals surface area contributed by atoms with Gasteiger partial charge in [0.2, 0.25) is 0 Å². The number of rotatable bonds is 1. The summed E-state index contributed by atoms with van der Waals surface area (Å²) >= 11 is 0. The van der Waals surface area contributed by atoms with E-state index in [0.29, 0.717) is 12.1 Å². The molecule has 1 aromatic rings. The van der Waals surface area contributed by atoms with Crippen LogP contribution in [0.1, 0.15) is 5.56 Å². The van der Waals surface area contributed by atoms with Crippen molar-refractivity contribution in [3.8, 4) is 0 Å². The average molecular weight is 173 g/mol. The Hall–Kier alpha value is -1.32. The summed E-state index contributed by atoms with van der Waals surface area (Å²) in [5.41, 5.74) is -0.320. The van der Waals surface area contributed by atoms with E-state index in [4.69, 9.17) is 0 Å². The fourth-order valence-corrected chi connectivity index (χ4v) is 0.806. The highest BCUT2D eigenvalue weighted by molar-refractivity contribution is 5.80. The summed E-state index contributed by atoms with van der Waals surface area (Å²) in [6, 6.07) is 1.22. The van der Waals surface area contributed by atoms with Gasteiger partial charge in [0.05, 0.1) is 5.56 Å². The number of hydrogen-bond donors (Lipinski definition) is 0. The van der Waals surface area contributed by atoms with Crippen molar-refractivity contribution in [1.82, 2.24) is 0 Å². The molecule has 1 nitrogen and oxygen atoms in total. The summed E-state index contributed by atoms with van der Waals surface area (Å²) in [7, 11) is 1.38. The lowest BCUT2D eigenvalue weighted by molar-refractivity contribution is 0.541. The predicted molar refractivity (Wildman–Crippen MR) is 39.8 cm³/mol. The largest absolute Gasteiger partial charge is 0.296 e. The molecule has 0 saturated carbocycles. The van der Waals surface area contributed by atoms with Gasteiger partial charge in [-0.2, -0.15) is 0 Å². The minimum absolute atomic E-state index is 0.320. The first-order valence-electron chi connectivity index (χ1n) is 3.22. The summed E-state index contributed by atoms with van der Waals surface area (Å²) in [6.07, 6.45) is 1.00. The number of nitrogens with zero attached hydrogens (tertiary/aromatic N) is 1. The number of aliphatic imine (C=N–C) groups is 1. The third-order valence-corrected chi connectivity index (χ3v) is 1.30. The number of hydrogen-bond acceptors (Lipinski definition) is 1. The molecule has 0 aromatic heterocycles. The van der Waals surface area contributed by atoms with Crippen molar-refractivity contribution < 1.29 is 13.2 Å². The van der Waals surface area contributed by atoms with Gasteiger partial charge in [-0.1, -0.05) is 0 Å². The Morgan fingerprint density at radius 2 is 1.67 bits per heavy atom. The Labute approximate surface area is 67.6 Å². The lowest BCUT2D eigenvalue weighted by atomic mass is 10.2. The van der Waals surface area contributed by atoms with E-state index in [1.54, 1.807) is 0 Å². The lowest BCUT2D eigenvalue weighted by Crippen LogP contribution is -1.95. The van der Waals surface area contributed by atoms with Crippen molar-refractivity contribution in [1.29, 1.82) is 0 Å². The van der Waals surface area contributed by atoms with Gasteiger partial charge in [0.1, 0.15) is 17.5 Å². The van der Waals surface area contributed by atoms with E-state index in [-0.39, 0.29) is 5.56 Å². The summed E-state index contributed by atoms with van der Waals surface area (Å²) in [5.74, 6) is -2.82. The predicted octanol–water partition coefficient (Wildman–Crippen LogP) is 2.15. The normalized spacial score (nSPS) is 11.0. The Balaban J connectivity index is 3.28. The van der Waals surface area contributed by atoms with Crippen molar-refractivity contribution in [3.05, 3.63) is 35.1 Å². The van der Waals surface area contributed by atoms with Crippen molar-refractivity contribution in [2.45, 2.75) is 0 Å². The van der Waals surface area contributed by atoms with Crippen molar-refractivity contribution in [3.63, 3.8) is 0 Å². The van der Waals surface area contributed by atoms with Gasteiger partial charge < -0.3 is 0 Å². The van der Waals surface area contributed by atoms with Crippen LogP contribution in [0.25, 0.3) is 0 Å². The zero-order valence-corrected chi connectivity index (χ0v) is 6.31. The van der Waals surface area contributed by atoms with Crippen LogP contribution in [0, 0.1) is 17.5 Å². The van der Waals surface area contributed by atoms with E-state index in [1.165, 1.54) is 7.05 Å². The molecule has 64 valence electrons. The van der Waals surface area contributed by atoms with E-state index in [9.17, 15) is 13.2 Å². The van der Waals surface area contributed by atoms with Crippen LogP contribution in [0.2, 0.25) is 0 Å². The van der Waals surface area contributed by atoms with Crippen LogP contribution in [-0.4, -0.2) is 13.3 Å². The molecule has 0 saturated heterocycles. The number of benzene rings is 1. The molecule has 0 radical (unpaired) electrons. The van der Waals surface area contributed by atoms with E-state index in [2.05, 4.69) is 4.99 Å². The molecule has 0 N–H and O–H groups in total. The minimum Gasteiger partial charge on any atom is -0.296 e. The Bertz CT molecular complexity index is 297. The zero-order chi connectivity index (χ0) is 9.14. The highest BCUT2D eigenvalue weighted by Gasteiger charge is 2.08. The topological polar surface area (TPSA) is 12.4 Å². The monoisotopic (exact) mass is 173 g/mol. The van der Waals surface area contributed by atoms with Crippen molar-refractivity contribution in [2.75, 3.05) is 7.05 Å². The van der Waals surface area contributed by atoms with Crippen molar-refractivity contribution >= 4 is 6.21 Å². The molecule has 1 rings (SSSR count). The van der Waals surface area contributed by atoms with Gasteiger partial charge in [0.15, 0.2) is 0 Å². The highest BCUT2D eigenvalue weighted by Crippen LogP contribution is 2.12. The lowest BCUT2D eigenvalue weighted by Gasteiger charge is -1.97. The first-order valence-corrected chi connectivity index (χ1v) is 3.22. The minimum atomic E-state index is -0.946. The highest BCUT2D eigenvalue weighted by atomic mass is 19.1. The maximum Gasteiger partial charge on any atom is 0.137 e. The molecule has 0 unspecified atom stereocenters. The quantitative estimate of drug-likeness (QED) is 0.577. The summed E-state index contributed by atoms with van der Waals surface area (Å²) in [5, 5.41) is 0. The second-order valence-corrected chi connectivity index (χ2v) is 2.17. The van der Waals surface area contributed by atoms with Gasteiger partial charge in [-0.3, -0.25) is 4.99 Å². The van der Waals surface area contributed by atoms with Gasteiger partial charge in [-0.25, -0.2) is 13.2 Å². The molecular weight excluding hydrogens is 167 g/mol. The molecule has 0 heterocycles. The summed E-state index contributed by atoms with van der Waals surface area (Å²) in [4.78, 5) is 3.43.